The fourth-order valence-corrected chi connectivity index (χ4v) is 2.47. The molecule has 0 aliphatic carbocycles. The highest BCUT2D eigenvalue weighted by Gasteiger charge is 2.10. The van der Waals surface area contributed by atoms with Crippen molar-refractivity contribution >= 4 is 27.5 Å². The van der Waals surface area contributed by atoms with Gasteiger partial charge in [0.15, 0.2) is 0 Å². The number of hydrogen-bond donors (Lipinski definition) is 2. The summed E-state index contributed by atoms with van der Waals surface area (Å²) < 4.78 is 0.922. The van der Waals surface area contributed by atoms with Crippen molar-refractivity contribution in [3.63, 3.8) is 0 Å². The molecule has 1 unspecified atom stereocenters. The van der Waals surface area contributed by atoms with E-state index in [4.69, 9.17) is 5.73 Å². The van der Waals surface area contributed by atoms with Crippen molar-refractivity contribution in [2.75, 3.05) is 5.32 Å². The number of anilines is 1. The quantitative estimate of drug-likeness (QED) is 0.853. The molecular weight excluding hydrogens is 328 g/mol. The fourth-order valence-electron chi connectivity index (χ4n) is 2.11. The van der Waals surface area contributed by atoms with Crippen LogP contribution in [0.1, 0.15) is 30.0 Å². The van der Waals surface area contributed by atoms with E-state index >= 15 is 0 Å². The summed E-state index contributed by atoms with van der Waals surface area (Å²) in [5.74, 6) is -0.0207. The monoisotopic (exact) mass is 346 g/mol. The van der Waals surface area contributed by atoms with E-state index in [9.17, 15) is 4.79 Å². The summed E-state index contributed by atoms with van der Waals surface area (Å²) in [5.41, 5.74) is 9.05. The average Bonchev–Trinajstić information content (AvgIpc) is 2.50. The van der Waals surface area contributed by atoms with Crippen LogP contribution in [0, 0.1) is 6.92 Å². The van der Waals surface area contributed by atoms with Crippen LogP contribution in [-0.4, -0.2) is 5.91 Å². The van der Waals surface area contributed by atoms with E-state index in [1.165, 1.54) is 0 Å². The van der Waals surface area contributed by atoms with Gasteiger partial charge >= 0.3 is 0 Å². The smallest absolute Gasteiger partial charge is 0.224 e. The van der Waals surface area contributed by atoms with Crippen molar-refractivity contribution in [3.8, 4) is 0 Å². The van der Waals surface area contributed by atoms with Gasteiger partial charge in [-0.2, -0.15) is 0 Å². The molecule has 0 saturated carbocycles. The molecule has 0 saturated heterocycles. The molecule has 0 aliphatic heterocycles. The first-order chi connectivity index (χ1) is 10.1. The Hall–Kier alpha value is -1.65. The summed E-state index contributed by atoms with van der Waals surface area (Å²) >= 11 is 3.49. The van der Waals surface area contributed by atoms with Crippen LogP contribution in [0.2, 0.25) is 0 Å². The van der Waals surface area contributed by atoms with Crippen molar-refractivity contribution in [2.24, 2.45) is 5.73 Å². The van der Waals surface area contributed by atoms with Crippen LogP contribution < -0.4 is 11.1 Å². The second-order valence-electron chi connectivity index (χ2n) is 5.04. The molecule has 110 valence electrons. The van der Waals surface area contributed by atoms with E-state index in [1.807, 2.05) is 55.5 Å². The number of aryl methyl sites for hydroxylation is 1. The normalized spacial score (nSPS) is 12.0. The minimum atomic E-state index is -0.113. The Morgan fingerprint density at radius 1 is 1.19 bits per heavy atom. The number of halogens is 1. The van der Waals surface area contributed by atoms with Crippen molar-refractivity contribution in [2.45, 2.75) is 25.8 Å². The fraction of sp³-hybridized carbons (Fsp3) is 0.235. The van der Waals surface area contributed by atoms with Crippen LogP contribution in [0.25, 0.3) is 0 Å². The van der Waals surface area contributed by atoms with Gasteiger partial charge in [0, 0.05) is 16.9 Å². The second-order valence-corrected chi connectivity index (χ2v) is 5.83. The lowest BCUT2D eigenvalue weighted by molar-refractivity contribution is -0.116. The van der Waals surface area contributed by atoms with Gasteiger partial charge in [-0.1, -0.05) is 42.5 Å². The third-order valence-electron chi connectivity index (χ3n) is 3.38. The molecule has 0 radical (unpaired) electrons. The summed E-state index contributed by atoms with van der Waals surface area (Å²) in [5, 5.41) is 2.92. The van der Waals surface area contributed by atoms with E-state index in [1.54, 1.807) is 0 Å². The molecule has 4 heteroatoms. The summed E-state index contributed by atoms with van der Waals surface area (Å²) in [6.45, 7) is 1.99. The number of hydrogen-bond acceptors (Lipinski definition) is 2. The van der Waals surface area contributed by atoms with E-state index in [-0.39, 0.29) is 11.9 Å². The number of carbonyl (C=O) groups excluding carboxylic acids is 1. The number of amides is 1. The standard InChI is InChI=1S/C17H19BrN2O/c1-12-6-5-9-15(17(12)18)20-16(21)11-10-14(19)13-7-3-2-4-8-13/h2-9,14H,10-11,19H2,1H3,(H,20,21). The Labute approximate surface area is 133 Å². The van der Waals surface area contributed by atoms with Gasteiger partial charge in [0.25, 0.3) is 0 Å². The first-order valence-corrected chi connectivity index (χ1v) is 7.72. The molecule has 1 amide bonds. The highest BCUT2D eigenvalue weighted by atomic mass is 79.9. The maximum absolute atomic E-state index is 12.0. The van der Waals surface area contributed by atoms with Gasteiger partial charge in [0.05, 0.1) is 5.69 Å². The molecule has 0 heterocycles. The zero-order valence-electron chi connectivity index (χ0n) is 12.0. The Morgan fingerprint density at radius 3 is 2.62 bits per heavy atom. The number of nitrogens with one attached hydrogen (secondary N) is 1. The minimum absolute atomic E-state index is 0.0207. The molecule has 2 aromatic rings. The molecule has 21 heavy (non-hydrogen) atoms. The SMILES string of the molecule is Cc1cccc(NC(=O)CCC(N)c2ccccc2)c1Br. The van der Waals surface area contributed by atoms with Gasteiger partial charge in [0.2, 0.25) is 5.91 Å². The number of rotatable bonds is 5. The lowest BCUT2D eigenvalue weighted by Gasteiger charge is -2.13. The number of carbonyl (C=O) groups is 1. The van der Waals surface area contributed by atoms with Crippen LogP contribution in [-0.2, 0) is 4.79 Å². The molecule has 0 aliphatic rings. The van der Waals surface area contributed by atoms with Crippen LogP contribution in [0.15, 0.2) is 53.0 Å². The van der Waals surface area contributed by atoms with E-state index in [0.717, 1.165) is 21.3 Å². The Balaban J connectivity index is 1.89. The first kappa shape index (κ1) is 15.7. The zero-order valence-corrected chi connectivity index (χ0v) is 13.6. The maximum Gasteiger partial charge on any atom is 0.224 e. The number of benzene rings is 2. The lowest BCUT2D eigenvalue weighted by Crippen LogP contribution is -2.16. The van der Waals surface area contributed by atoms with Gasteiger partial charge in [-0.3, -0.25) is 4.79 Å². The zero-order chi connectivity index (χ0) is 15.2. The molecule has 2 aromatic carbocycles. The third-order valence-corrected chi connectivity index (χ3v) is 4.43. The van der Waals surface area contributed by atoms with E-state index in [0.29, 0.717) is 12.8 Å². The van der Waals surface area contributed by atoms with Crippen molar-refractivity contribution in [3.05, 3.63) is 64.1 Å². The van der Waals surface area contributed by atoms with Crippen LogP contribution >= 0.6 is 15.9 Å². The highest BCUT2D eigenvalue weighted by molar-refractivity contribution is 9.10. The molecule has 0 bridgehead atoms. The van der Waals surface area contributed by atoms with Crippen molar-refractivity contribution in [1.82, 2.24) is 0 Å². The molecule has 2 rings (SSSR count). The van der Waals surface area contributed by atoms with E-state index < -0.39 is 0 Å². The Bertz CT molecular complexity index is 613. The van der Waals surface area contributed by atoms with Gasteiger partial charge in [-0.25, -0.2) is 0 Å². The highest BCUT2D eigenvalue weighted by Crippen LogP contribution is 2.26. The van der Waals surface area contributed by atoms with Crippen molar-refractivity contribution in [1.29, 1.82) is 0 Å². The maximum atomic E-state index is 12.0. The molecule has 1 atom stereocenters. The molecule has 3 nitrogen and oxygen atoms in total. The third kappa shape index (κ3) is 4.41. The summed E-state index contributed by atoms with van der Waals surface area (Å²) in [6.07, 6.45) is 1.02. The molecule has 0 fully saturated rings. The van der Waals surface area contributed by atoms with Crippen LogP contribution in [0.4, 0.5) is 5.69 Å². The van der Waals surface area contributed by atoms with Crippen LogP contribution in [0.3, 0.4) is 0 Å². The Morgan fingerprint density at radius 2 is 1.90 bits per heavy atom. The Kier molecular flexibility index (Phi) is 5.53. The first-order valence-electron chi connectivity index (χ1n) is 6.93. The number of nitrogens with two attached hydrogens (primary N) is 1. The van der Waals surface area contributed by atoms with Crippen LogP contribution in [0.5, 0.6) is 0 Å². The van der Waals surface area contributed by atoms with Gasteiger partial charge in [-0.05, 0) is 46.5 Å². The average molecular weight is 347 g/mol. The molecule has 3 N–H and O–H groups in total. The summed E-state index contributed by atoms with van der Waals surface area (Å²) in [6, 6.07) is 15.5. The minimum Gasteiger partial charge on any atom is -0.325 e. The van der Waals surface area contributed by atoms with Gasteiger partial charge in [0.1, 0.15) is 0 Å². The van der Waals surface area contributed by atoms with Gasteiger partial charge in [-0.15, -0.1) is 0 Å². The van der Waals surface area contributed by atoms with Gasteiger partial charge < -0.3 is 11.1 Å². The topological polar surface area (TPSA) is 55.1 Å². The predicted molar refractivity (Wildman–Crippen MR) is 90.1 cm³/mol. The predicted octanol–water partition coefficient (Wildman–Crippen LogP) is 4.18. The second kappa shape index (κ2) is 7.38. The summed E-state index contributed by atoms with van der Waals surface area (Å²) in [7, 11) is 0. The largest absolute Gasteiger partial charge is 0.325 e. The molecular formula is C17H19BrN2O. The lowest BCUT2D eigenvalue weighted by atomic mass is 10.0. The molecule has 0 spiro atoms. The van der Waals surface area contributed by atoms with E-state index in [2.05, 4.69) is 21.2 Å². The van der Waals surface area contributed by atoms with Crippen molar-refractivity contribution < 1.29 is 4.79 Å². The molecule has 0 aromatic heterocycles. The summed E-state index contributed by atoms with van der Waals surface area (Å²) in [4.78, 5) is 12.0.